The Morgan fingerprint density at radius 1 is 1.06 bits per heavy atom. The SMILES string of the molecule is O=C(C1=CCCCC1)c1cc(F)c(F)c(F)c1. The number of hydrogen-bond acceptors (Lipinski definition) is 1. The van der Waals surface area contributed by atoms with Crippen LogP contribution in [0.3, 0.4) is 0 Å². The smallest absolute Gasteiger partial charge is 0.194 e. The van der Waals surface area contributed by atoms with Crippen molar-refractivity contribution in [1.29, 1.82) is 0 Å². The van der Waals surface area contributed by atoms with E-state index < -0.39 is 23.2 Å². The Kier molecular flexibility index (Phi) is 3.31. The lowest BCUT2D eigenvalue weighted by molar-refractivity contribution is 0.102. The predicted octanol–water partition coefficient (Wildman–Crippen LogP) is 3.79. The Balaban J connectivity index is 2.34. The highest BCUT2D eigenvalue weighted by molar-refractivity contribution is 6.08. The van der Waals surface area contributed by atoms with Gasteiger partial charge in [0, 0.05) is 5.56 Å². The lowest BCUT2D eigenvalue weighted by Crippen LogP contribution is -2.08. The van der Waals surface area contributed by atoms with Gasteiger partial charge in [-0.3, -0.25) is 4.79 Å². The van der Waals surface area contributed by atoms with E-state index in [0.29, 0.717) is 12.0 Å². The molecule has 0 N–H and O–H groups in total. The number of Topliss-reactive ketones (excluding diaryl/α,β-unsaturated/α-hetero) is 1. The van der Waals surface area contributed by atoms with Gasteiger partial charge in [-0.2, -0.15) is 0 Å². The average molecular weight is 240 g/mol. The fourth-order valence-electron chi connectivity index (χ4n) is 1.92. The zero-order valence-corrected chi connectivity index (χ0v) is 9.10. The minimum absolute atomic E-state index is 0.130. The molecule has 0 aromatic heterocycles. The maximum atomic E-state index is 13.0. The molecule has 4 heteroatoms. The average Bonchev–Trinajstić information content (AvgIpc) is 2.35. The Labute approximate surface area is 96.9 Å². The molecule has 0 heterocycles. The van der Waals surface area contributed by atoms with Gasteiger partial charge in [-0.25, -0.2) is 13.2 Å². The van der Waals surface area contributed by atoms with Gasteiger partial charge in [0.05, 0.1) is 0 Å². The third kappa shape index (κ3) is 2.40. The third-order valence-corrected chi connectivity index (χ3v) is 2.83. The quantitative estimate of drug-likeness (QED) is 0.567. The molecule has 1 nitrogen and oxygen atoms in total. The van der Waals surface area contributed by atoms with Crippen molar-refractivity contribution in [1.82, 2.24) is 0 Å². The minimum Gasteiger partial charge on any atom is -0.289 e. The maximum absolute atomic E-state index is 13.0. The second-order valence-electron chi connectivity index (χ2n) is 4.06. The van der Waals surface area contributed by atoms with Gasteiger partial charge in [0.25, 0.3) is 0 Å². The van der Waals surface area contributed by atoms with Gasteiger partial charge in [0.2, 0.25) is 0 Å². The summed E-state index contributed by atoms with van der Waals surface area (Å²) in [6.07, 6.45) is 5.10. The van der Waals surface area contributed by atoms with Crippen LogP contribution in [0.25, 0.3) is 0 Å². The van der Waals surface area contributed by atoms with Crippen molar-refractivity contribution < 1.29 is 18.0 Å². The molecule has 0 fully saturated rings. The summed E-state index contributed by atoms with van der Waals surface area (Å²) in [6.45, 7) is 0. The van der Waals surface area contributed by atoms with Crippen molar-refractivity contribution in [3.8, 4) is 0 Å². The monoisotopic (exact) mass is 240 g/mol. The first-order valence-electron chi connectivity index (χ1n) is 5.48. The summed E-state index contributed by atoms with van der Waals surface area (Å²) in [5.74, 6) is -4.61. The van der Waals surface area contributed by atoms with Gasteiger partial charge >= 0.3 is 0 Å². The summed E-state index contributed by atoms with van der Waals surface area (Å²) >= 11 is 0. The van der Waals surface area contributed by atoms with E-state index in [1.165, 1.54) is 0 Å². The number of halogens is 3. The number of benzene rings is 1. The predicted molar refractivity (Wildman–Crippen MR) is 57.2 cm³/mol. The first-order valence-corrected chi connectivity index (χ1v) is 5.48. The van der Waals surface area contributed by atoms with Gasteiger partial charge < -0.3 is 0 Å². The van der Waals surface area contributed by atoms with Gasteiger partial charge in [-0.1, -0.05) is 6.08 Å². The Hall–Kier alpha value is -1.58. The molecule has 0 aliphatic heterocycles. The van der Waals surface area contributed by atoms with E-state index >= 15 is 0 Å². The van der Waals surface area contributed by atoms with Crippen LogP contribution >= 0.6 is 0 Å². The number of carbonyl (C=O) groups is 1. The highest BCUT2D eigenvalue weighted by atomic mass is 19.2. The molecule has 1 aliphatic carbocycles. The largest absolute Gasteiger partial charge is 0.289 e. The first-order chi connectivity index (χ1) is 8.09. The lowest BCUT2D eigenvalue weighted by atomic mass is 9.93. The third-order valence-electron chi connectivity index (χ3n) is 2.83. The highest BCUT2D eigenvalue weighted by Crippen LogP contribution is 2.23. The summed E-state index contributed by atoms with van der Waals surface area (Å²) in [7, 11) is 0. The molecule has 0 saturated heterocycles. The molecule has 1 aromatic rings. The molecule has 17 heavy (non-hydrogen) atoms. The van der Waals surface area contributed by atoms with Crippen LogP contribution in [0, 0.1) is 17.5 Å². The highest BCUT2D eigenvalue weighted by Gasteiger charge is 2.18. The van der Waals surface area contributed by atoms with Crippen molar-refractivity contribution in [2.24, 2.45) is 0 Å². The molecule has 1 aromatic carbocycles. The molecule has 0 saturated carbocycles. The van der Waals surface area contributed by atoms with Crippen molar-refractivity contribution in [2.75, 3.05) is 0 Å². The molecule has 0 amide bonds. The first kappa shape index (κ1) is 11.9. The Bertz CT molecular complexity index is 468. The zero-order valence-electron chi connectivity index (χ0n) is 9.10. The van der Waals surface area contributed by atoms with Gasteiger partial charge in [-0.15, -0.1) is 0 Å². The molecule has 0 atom stereocenters. The van der Waals surface area contributed by atoms with E-state index in [2.05, 4.69) is 0 Å². The van der Waals surface area contributed by atoms with Crippen molar-refractivity contribution in [3.63, 3.8) is 0 Å². The van der Waals surface area contributed by atoms with E-state index in [1.54, 1.807) is 6.08 Å². The van der Waals surface area contributed by atoms with Crippen LogP contribution in [0.2, 0.25) is 0 Å². The molecule has 0 unspecified atom stereocenters. The number of hydrogen-bond donors (Lipinski definition) is 0. The van der Waals surface area contributed by atoms with Crippen LogP contribution in [0.15, 0.2) is 23.8 Å². The molecule has 0 radical (unpaired) electrons. The molecule has 0 bridgehead atoms. The molecule has 2 rings (SSSR count). The summed E-state index contributed by atoms with van der Waals surface area (Å²) in [5, 5.41) is 0. The van der Waals surface area contributed by atoms with Crippen LogP contribution in [0.5, 0.6) is 0 Å². The number of carbonyl (C=O) groups excluding carboxylic acids is 1. The van der Waals surface area contributed by atoms with Crippen molar-refractivity contribution in [2.45, 2.75) is 25.7 Å². The fraction of sp³-hybridized carbons (Fsp3) is 0.308. The zero-order chi connectivity index (χ0) is 12.4. The second kappa shape index (κ2) is 4.73. The molecular weight excluding hydrogens is 229 g/mol. The van der Waals surface area contributed by atoms with Crippen LogP contribution in [0.4, 0.5) is 13.2 Å². The second-order valence-corrected chi connectivity index (χ2v) is 4.06. The summed E-state index contributed by atoms with van der Waals surface area (Å²) in [5.41, 5.74) is 0.427. The van der Waals surface area contributed by atoms with E-state index in [9.17, 15) is 18.0 Å². The molecular formula is C13H11F3O. The summed E-state index contributed by atoms with van der Waals surface area (Å²) < 4.78 is 38.7. The number of ketones is 1. The molecule has 90 valence electrons. The van der Waals surface area contributed by atoms with E-state index in [1.807, 2.05) is 0 Å². The van der Waals surface area contributed by atoms with Crippen LogP contribution in [-0.4, -0.2) is 5.78 Å². The van der Waals surface area contributed by atoms with Crippen molar-refractivity contribution in [3.05, 3.63) is 46.8 Å². The normalized spacial score (nSPS) is 15.6. The Morgan fingerprint density at radius 3 is 2.24 bits per heavy atom. The lowest BCUT2D eigenvalue weighted by Gasteiger charge is -2.11. The van der Waals surface area contributed by atoms with Crippen LogP contribution < -0.4 is 0 Å². The standard InChI is InChI=1S/C13H11F3O/c14-10-6-9(7-11(15)12(10)16)13(17)8-4-2-1-3-5-8/h4,6-7H,1-3,5H2. The Morgan fingerprint density at radius 2 is 1.71 bits per heavy atom. The van der Waals surface area contributed by atoms with Crippen LogP contribution in [0.1, 0.15) is 36.0 Å². The van der Waals surface area contributed by atoms with E-state index in [0.717, 1.165) is 31.4 Å². The van der Waals surface area contributed by atoms with E-state index in [4.69, 9.17) is 0 Å². The number of rotatable bonds is 2. The van der Waals surface area contributed by atoms with Gasteiger partial charge in [-0.05, 0) is 43.4 Å². The van der Waals surface area contributed by atoms with Gasteiger partial charge in [0.15, 0.2) is 23.2 Å². The summed E-state index contributed by atoms with van der Waals surface area (Å²) in [6, 6.07) is 1.49. The maximum Gasteiger partial charge on any atom is 0.194 e. The summed E-state index contributed by atoms with van der Waals surface area (Å²) in [4.78, 5) is 11.9. The number of allylic oxidation sites excluding steroid dienone is 2. The molecule has 1 aliphatic rings. The van der Waals surface area contributed by atoms with Gasteiger partial charge in [0.1, 0.15) is 0 Å². The molecule has 0 spiro atoms. The van der Waals surface area contributed by atoms with Crippen molar-refractivity contribution >= 4 is 5.78 Å². The minimum atomic E-state index is -1.54. The van der Waals surface area contributed by atoms with Crippen LogP contribution in [-0.2, 0) is 0 Å². The topological polar surface area (TPSA) is 17.1 Å². The fourth-order valence-corrected chi connectivity index (χ4v) is 1.92. The van der Waals surface area contributed by atoms with E-state index in [-0.39, 0.29) is 5.56 Å².